The van der Waals surface area contributed by atoms with E-state index in [1.54, 1.807) is 21.0 Å². The average Bonchev–Trinajstić information content (AvgIpc) is 2.72. The first-order valence-corrected chi connectivity index (χ1v) is 12.2. The molecule has 0 radical (unpaired) electrons. The number of anilines is 1. The van der Waals surface area contributed by atoms with Crippen LogP contribution in [-0.2, 0) is 20.0 Å². The fourth-order valence-electron chi connectivity index (χ4n) is 2.78. The lowest BCUT2D eigenvalue weighted by atomic mass is 10.1. The standard InChI is InChI=1S/C21H28ClN2O4PS/c1-4-27-29(25,28-5-2)16-24(14-13-17-9-11-18(22)12-10-17)21(30)23-19-7-6-8-20(15-19)26-3/h6-12,15H,4-5,13-14,16H2,1-3H3,(H,23,30). The van der Waals surface area contributed by atoms with Crippen molar-refractivity contribution in [1.29, 1.82) is 0 Å². The zero-order valence-corrected chi connectivity index (χ0v) is 19.9. The van der Waals surface area contributed by atoms with Crippen LogP contribution in [0.3, 0.4) is 0 Å². The monoisotopic (exact) mass is 470 g/mol. The molecule has 0 aromatic heterocycles. The average molecular weight is 471 g/mol. The number of hydrogen-bond donors (Lipinski definition) is 1. The summed E-state index contributed by atoms with van der Waals surface area (Å²) < 4.78 is 29.3. The second-order valence-corrected chi connectivity index (χ2v) is 9.23. The summed E-state index contributed by atoms with van der Waals surface area (Å²) in [6.45, 7) is 4.69. The molecular formula is C21H28ClN2O4PS. The minimum absolute atomic E-state index is 0.0536. The fourth-order valence-corrected chi connectivity index (χ4v) is 5.00. The maximum Gasteiger partial charge on any atom is 0.349 e. The summed E-state index contributed by atoms with van der Waals surface area (Å²) in [5, 5.41) is 4.30. The van der Waals surface area contributed by atoms with E-state index in [1.807, 2.05) is 53.4 Å². The predicted molar refractivity (Wildman–Crippen MR) is 127 cm³/mol. The van der Waals surface area contributed by atoms with Gasteiger partial charge >= 0.3 is 7.60 Å². The van der Waals surface area contributed by atoms with Crippen LogP contribution in [-0.4, -0.2) is 43.2 Å². The van der Waals surface area contributed by atoms with Gasteiger partial charge in [-0.1, -0.05) is 29.8 Å². The van der Waals surface area contributed by atoms with Crippen LogP contribution in [0.5, 0.6) is 5.75 Å². The summed E-state index contributed by atoms with van der Waals surface area (Å²) in [4.78, 5) is 1.81. The molecule has 2 aromatic carbocycles. The Morgan fingerprint density at radius 2 is 1.80 bits per heavy atom. The minimum Gasteiger partial charge on any atom is -0.497 e. The molecule has 0 bridgehead atoms. The van der Waals surface area contributed by atoms with E-state index in [0.717, 1.165) is 11.3 Å². The molecular weight excluding hydrogens is 443 g/mol. The van der Waals surface area contributed by atoms with Gasteiger partial charge in [-0.2, -0.15) is 0 Å². The van der Waals surface area contributed by atoms with Gasteiger partial charge < -0.3 is 24.0 Å². The van der Waals surface area contributed by atoms with Crippen LogP contribution in [0.4, 0.5) is 5.69 Å². The Labute approximate surface area is 189 Å². The number of halogens is 1. The highest BCUT2D eigenvalue weighted by molar-refractivity contribution is 7.80. The summed E-state index contributed by atoms with van der Waals surface area (Å²) in [7, 11) is -1.72. The van der Waals surface area contributed by atoms with Crippen molar-refractivity contribution in [3.05, 3.63) is 59.1 Å². The molecule has 2 rings (SSSR count). The topological polar surface area (TPSA) is 60.0 Å². The van der Waals surface area contributed by atoms with Crippen molar-refractivity contribution >= 4 is 42.2 Å². The van der Waals surface area contributed by atoms with Crippen molar-refractivity contribution in [2.45, 2.75) is 20.3 Å². The quantitative estimate of drug-likeness (QED) is 0.328. The van der Waals surface area contributed by atoms with Crippen LogP contribution in [0.25, 0.3) is 0 Å². The Morgan fingerprint density at radius 1 is 1.13 bits per heavy atom. The van der Waals surface area contributed by atoms with Crippen LogP contribution in [0.15, 0.2) is 48.5 Å². The zero-order valence-electron chi connectivity index (χ0n) is 17.5. The molecule has 1 N–H and O–H groups in total. The van der Waals surface area contributed by atoms with Gasteiger partial charge in [0.15, 0.2) is 5.11 Å². The summed E-state index contributed by atoms with van der Waals surface area (Å²) in [6.07, 6.45) is 0.743. The number of nitrogens with one attached hydrogen (secondary N) is 1. The first kappa shape index (κ1) is 24.6. The molecule has 0 fully saturated rings. The van der Waals surface area contributed by atoms with Crippen molar-refractivity contribution in [1.82, 2.24) is 4.90 Å². The lowest BCUT2D eigenvalue weighted by molar-refractivity contribution is 0.210. The molecule has 30 heavy (non-hydrogen) atoms. The largest absolute Gasteiger partial charge is 0.497 e. The molecule has 0 aliphatic carbocycles. The van der Waals surface area contributed by atoms with E-state index in [4.69, 9.17) is 37.6 Å². The third-order valence-electron chi connectivity index (χ3n) is 4.19. The molecule has 0 aliphatic rings. The number of benzene rings is 2. The zero-order chi connectivity index (χ0) is 22.0. The van der Waals surface area contributed by atoms with Gasteiger partial charge in [0.2, 0.25) is 0 Å². The summed E-state index contributed by atoms with van der Waals surface area (Å²) in [5.74, 6) is 0.713. The summed E-state index contributed by atoms with van der Waals surface area (Å²) in [6, 6.07) is 15.1. The van der Waals surface area contributed by atoms with Crippen molar-refractivity contribution in [2.24, 2.45) is 0 Å². The second kappa shape index (κ2) is 12.3. The molecule has 0 heterocycles. The molecule has 2 aromatic rings. The number of methoxy groups -OCH3 is 1. The SMILES string of the molecule is CCOP(=O)(CN(CCc1ccc(Cl)cc1)C(=S)Nc1cccc(OC)c1)OCC. The third-order valence-corrected chi connectivity index (χ3v) is 6.79. The number of hydrogen-bond acceptors (Lipinski definition) is 5. The fraction of sp³-hybridized carbons (Fsp3) is 0.381. The molecule has 6 nitrogen and oxygen atoms in total. The van der Waals surface area contributed by atoms with E-state index in [-0.39, 0.29) is 6.29 Å². The van der Waals surface area contributed by atoms with Crippen LogP contribution >= 0.6 is 31.4 Å². The molecule has 0 unspecified atom stereocenters. The first-order chi connectivity index (χ1) is 14.4. The van der Waals surface area contributed by atoms with Crippen molar-refractivity contribution in [3.63, 3.8) is 0 Å². The van der Waals surface area contributed by atoms with E-state index < -0.39 is 7.60 Å². The van der Waals surface area contributed by atoms with Crippen molar-refractivity contribution in [3.8, 4) is 5.75 Å². The highest BCUT2D eigenvalue weighted by Gasteiger charge is 2.28. The van der Waals surface area contributed by atoms with E-state index in [0.29, 0.717) is 42.1 Å². The third kappa shape index (κ3) is 7.89. The molecule has 0 atom stereocenters. The van der Waals surface area contributed by atoms with Gasteiger partial charge in [0, 0.05) is 23.3 Å². The highest BCUT2D eigenvalue weighted by Crippen LogP contribution is 2.48. The van der Waals surface area contributed by atoms with Crippen molar-refractivity contribution in [2.75, 3.05) is 38.5 Å². The number of nitrogens with zero attached hydrogens (tertiary/aromatic N) is 1. The Hall–Kier alpha value is -1.63. The predicted octanol–water partition coefficient (Wildman–Crippen LogP) is 5.81. The van der Waals surface area contributed by atoms with Gasteiger partial charge in [-0.25, -0.2) is 0 Å². The first-order valence-electron chi connectivity index (χ1n) is 9.71. The van der Waals surface area contributed by atoms with Crippen LogP contribution < -0.4 is 10.1 Å². The van der Waals surface area contributed by atoms with E-state index >= 15 is 0 Å². The number of ether oxygens (including phenoxy) is 1. The molecule has 0 aliphatic heterocycles. The van der Waals surface area contributed by atoms with E-state index in [9.17, 15) is 4.57 Å². The van der Waals surface area contributed by atoms with Crippen LogP contribution in [0.2, 0.25) is 5.02 Å². The molecule has 0 saturated heterocycles. The smallest absolute Gasteiger partial charge is 0.349 e. The summed E-state index contributed by atoms with van der Waals surface area (Å²) >= 11 is 11.6. The Kier molecular flexibility index (Phi) is 10.1. The van der Waals surface area contributed by atoms with Crippen LogP contribution in [0.1, 0.15) is 19.4 Å². The van der Waals surface area contributed by atoms with Crippen LogP contribution in [0, 0.1) is 0 Å². The molecule has 0 amide bonds. The minimum atomic E-state index is -3.33. The van der Waals surface area contributed by atoms with Gasteiger partial charge in [-0.3, -0.25) is 4.57 Å². The molecule has 0 spiro atoms. The Balaban J connectivity index is 2.18. The van der Waals surface area contributed by atoms with E-state index in [1.165, 1.54) is 0 Å². The maximum atomic E-state index is 13.1. The van der Waals surface area contributed by atoms with Gasteiger partial charge in [0.25, 0.3) is 0 Å². The number of thiocarbonyl (C=S) groups is 1. The van der Waals surface area contributed by atoms with Gasteiger partial charge in [0.1, 0.15) is 12.0 Å². The highest BCUT2D eigenvalue weighted by atomic mass is 35.5. The van der Waals surface area contributed by atoms with Gasteiger partial charge in [-0.05, 0) is 62.3 Å². The lowest BCUT2D eigenvalue weighted by Crippen LogP contribution is -2.37. The molecule has 164 valence electrons. The van der Waals surface area contributed by atoms with Gasteiger partial charge in [-0.15, -0.1) is 0 Å². The Morgan fingerprint density at radius 3 is 2.40 bits per heavy atom. The molecule has 9 heteroatoms. The number of rotatable bonds is 11. The summed E-state index contributed by atoms with van der Waals surface area (Å²) in [5.41, 5.74) is 1.87. The van der Waals surface area contributed by atoms with Crippen molar-refractivity contribution < 1.29 is 18.3 Å². The van der Waals surface area contributed by atoms with Gasteiger partial charge in [0.05, 0.1) is 20.3 Å². The molecule has 0 saturated carbocycles. The maximum absolute atomic E-state index is 13.1. The second-order valence-electron chi connectivity index (χ2n) is 6.39. The lowest BCUT2D eigenvalue weighted by Gasteiger charge is -2.29. The normalized spacial score (nSPS) is 11.2. The Bertz CT molecular complexity index is 856. The van der Waals surface area contributed by atoms with E-state index in [2.05, 4.69) is 5.32 Å².